The fourth-order valence-corrected chi connectivity index (χ4v) is 1.48. The molecular weight excluding hydrogens is 180 g/mol. The zero-order valence-electron chi connectivity index (χ0n) is 7.96. The van der Waals surface area contributed by atoms with Crippen LogP contribution in [0.5, 0.6) is 0 Å². The zero-order valence-corrected chi connectivity index (χ0v) is 7.96. The minimum absolute atomic E-state index is 0.305. The van der Waals surface area contributed by atoms with Gasteiger partial charge in [-0.1, -0.05) is 0 Å². The van der Waals surface area contributed by atoms with Crippen molar-refractivity contribution in [3.8, 4) is 0 Å². The highest BCUT2D eigenvalue weighted by Crippen LogP contribution is 2.25. The van der Waals surface area contributed by atoms with Gasteiger partial charge in [-0.15, -0.1) is 0 Å². The Morgan fingerprint density at radius 2 is 2.00 bits per heavy atom. The van der Waals surface area contributed by atoms with Crippen LogP contribution in [-0.4, -0.2) is 26.2 Å². The second-order valence-corrected chi connectivity index (χ2v) is 3.11. The number of carbonyl (C=O) groups excluding carboxylic acids is 1. The molecule has 0 atom stereocenters. The van der Waals surface area contributed by atoms with E-state index in [1.807, 2.05) is 6.07 Å². The van der Waals surface area contributed by atoms with Gasteiger partial charge in [0.05, 0.1) is 24.0 Å². The summed E-state index contributed by atoms with van der Waals surface area (Å²) in [6.07, 6.45) is 0. The number of methoxy groups -OCH3 is 1. The molecule has 0 aromatic heterocycles. The predicted molar refractivity (Wildman–Crippen MR) is 54.8 cm³/mol. The lowest BCUT2D eigenvalue weighted by Crippen LogP contribution is -2.20. The summed E-state index contributed by atoms with van der Waals surface area (Å²) in [6.45, 7) is 1.78. The summed E-state index contributed by atoms with van der Waals surface area (Å²) in [7, 11) is 1.38. The van der Waals surface area contributed by atoms with Crippen molar-refractivity contribution >= 4 is 17.3 Å². The summed E-state index contributed by atoms with van der Waals surface area (Å²) in [5, 5.41) is 6.44. The molecule has 2 rings (SSSR count). The van der Waals surface area contributed by atoms with E-state index in [1.54, 1.807) is 12.1 Å². The summed E-state index contributed by atoms with van der Waals surface area (Å²) in [4.78, 5) is 11.2. The number of carbonyl (C=O) groups is 1. The SMILES string of the molecule is COC(=O)c1ccc2c(c1)NCCN2. The summed E-state index contributed by atoms with van der Waals surface area (Å²) < 4.78 is 4.64. The van der Waals surface area contributed by atoms with Gasteiger partial charge in [0.15, 0.2) is 0 Å². The second kappa shape index (κ2) is 3.57. The number of hydrogen-bond donors (Lipinski definition) is 2. The Kier molecular flexibility index (Phi) is 2.26. The third-order valence-corrected chi connectivity index (χ3v) is 2.20. The van der Waals surface area contributed by atoms with Gasteiger partial charge in [-0.05, 0) is 18.2 Å². The van der Waals surface area contributed by atoms with Crippen molar-refractivity contribution in [2.75, 3.05) is 30.8 Å². The van der Waals surface area contributed by atoms with Crippen LogP contribution in [0.15, 0.2) is 18.2 Å². The van der Waals surface area contributed by atoms with Gasteiger partial charge in [0.1, 0.15) is 0 Å². The number of ether oxygens (including phenoxy) is 1. The molecule has 0 amide bonds. The smallest absolute Gasteiger partial charge is 0.337 e. The highest BCUT2D eigenvalue weighted by atomic mass is 16.5. The number of rotatable bonds is 1. The fourth-order valence-electron chi connectivity index (χ4n) is 1.48. The van der Waals surface area contributed by atoms with E-state index in [0.29, 0.717) is 5.56 Å². The monoisotopic (exact) mass is 192 g/mol. The lowest BCUT2D eigenvalue weighted by Gasteiger charge is -2.20. The first-order valence-electron chi connectivity index (χ1n) is 4.51. The molecule has 0 saturated heterocycles. The van der Waals surface area contributed by atoms with Crippen LogP contribution in [0.4, 0.5) is 11.4 Å². The predicted octanol–water partition coefficient (Wildman–Crippen LogP) is 1.31. The molecule has 0 saturated carbocycles. The van der Waals surface area contributed by atoms with E-state index in [9.17, 15) is 4.79 Å². The van der Waals surface area contributed by atoms with Gasteiger partial charge in [-0.2, -0.15) is 0 Å². The Morgan fingerprint density at radius 3 is 2.71 bits per heavy atom. The summed E-state index contributed by atoms with van der Waals surface area (Å²) >= 11 is 0. The first-order valence-corrected chi connectivity index (χ1v) is 4.51. The number of benzene rings is 1. The second-order valence-electron chi connectivity index (χ2n) is 3.11. The normalized spacial score (nSPS) is 13.5. The standard InChI is InChI=1S/C10H12N2O2/c1-14-10(13)7-2-3-8-9(6-7)12-5-4-11-8/h2-3,6,11-12H,4-5H2,1H3. The Bertz CT molecular complexity index is 363. The van der Waals surface area contributed by atoms with E-state index in [-0.39, 0.29) is 5.97 Å². The molecule has 2 N–H and O–H groups in total. The molecule has 1 heterocycles. The van der Waals surface area contributed by atoms with Crippen LogP contribution in [0.1, 0.15) is 10.4 Å². The first-order chi connectivity index (χ1) is 6.81. The fraction of sp³-hybridized carbons (Fsp3) is 0.300. The Balaban J connectivity index is 2.33. The molecule has 1 aromatic carbocycles. The Hall–Kier alpha value is -1.71. The third-order valence-electron chi connectivity index (χ3n) is 2.20. The molecule has 1 aromatic rings. The Morgan fingerprint density at radius 1 is 1.29 bits per heavy atom. The molecule has 0 bridgehead atoms. The third kappa shape index (κ3) is 1.51. The minimum Gasteiger partial charge on any atom is -0.465 e. The maximum absolute atomic E-state index is 11.2. The number of anilines is 2. The van der Waals surface area contributed by atoms with Crippen molar-refractivity contribution in [2.24, 2.45) is 0 Å². The van der Waals surface area contributed by atoms with Crippen molar-refractivity contribution in [3.05, 3.63) is 23.8 Å². The van der Waals surface area contributed by atoms with Gasteiger partial charge in [0.2, 0.25) is 0 Å². The summed E-state index contributed by atoms with van der Waals surface area (Å²) in [5.74, 6) is -0.305. The molecule has 0 fully saturated rings. The zero-order chi connectivity index (χ0) is 9.97. The topological polar surface area (TPSA) is 50.4 Å². The lowest BCUT2D eigenvalue weighted by atomic mass is 10.1. The number of esters is 1. The van der Waals surface area contributed by atoms with Crippen LogP contribution in [-0.2, 0) is 4.74 Å². The lowest BCUT2D eigenvalue weighted by molar-refractivity contribution is 0.0601. The number of hydrogen-bond acceptors (Lipinski definition) is 4. The van der Waals surface area contributed by atoms with E-state index in [0.717, 1.165) is 24.5 Å². The first kappa shape index (κ1) is 8.87. The highest BCUT2D eigenvalue weighted by molar-refractivity contribution is 5.92. The maximum atomic E-state index is 11.2. The minimum atomic E-state index is -0.305. The molecule has 4 nitrogen and oxygen atoms in total. The molecule has 4 heteroatoms. The molecule has 0 radical (unpaired) electrons. The maximum Gasteiger partial charge on any atom is 0.337 e. The molecule has 1 aliphatic heterocycles. The van der Waals surface area contributed by atoms with Gasteiger partial charge in [0, 0.05) is 13.1 Å². The molecule has 14 heavy (non-hydrogen) atoms. The van der Waals surface area contributed by atoms with Crippen molar-refractivity contribution < 1.29 is 9.53 Å². The van der Waals surface area contributed by atoms with Gasteiger partial charge in [-0.3, -0.25) is 0 Å². The van der Waals surface area contributed by atoms with Crippen LogP contribution in [0.25, 0.3) is 0 Å². The molecule has 0 aliphatic carbocycles. The Labute approximate surface area is 82.3 Å². The van der Waals surface area contributed by atoms with E-state index in [4.69, 9.17) is 0 Å². The van der Waals surface area contributed by atoms with Gasteiger partial charge < -0.3 is 15.4 Å². The van der Waals surface area contributed by atoms with Gasteiger partial charge in [-0.25, -0.2) is 4.79 Å². The van der Waals surface area contributed by atoms with E-state index >= 15 is 0 Å². The van der Waals surface area contributed by atoms with Gasteiger partial charge in [0.25, 0.3) is 0 Å². The van der Waals surface area contributed by atoms with Gasteiger partial charge >= 0.3 is 5.97 Å². The van der Waals surface area contributed by atoms with Crippen LogP contribution in [0.2, 0.25) is 0 Å². The molecular formula is C10H12N2O2. The van der Waals surface area contributed by atoms with E-state index in [2.05, 4.69) is 15.4 Å². The average molecular weight is 192 g/mol. The summed E-state index contributed by atoms with van der Waals surface area (Å²) in [6, 6.07) is 5.44. The van der Waals surface area contributed by atoms with E-state index in [1.165, 1.54) is 7.11 Å². The van der Waals surface area contributed by atoms with Crippen LogP contribution >= 0.6 is 0 Å². The van der Waals surface area contributed by atoms with Crippen molar-refractivity contribution in [3.63, 3.8) is 0 Å². The number of fused-ring (bicyclic) bond motifs is 1. The van der Waals surface area contributed by atoms with Crippen molar-refractivity contribution in [2.45, 2.75) is 0 Å². The summed E-state index contributed by atoms with van der Waals surface area (Å²) in [5.41, 5.74) is 2.56. The largest absolute Gasteiger partial charge is 0.465 e. The van der Waals surface area contributed by atoms with Crippen LogP contribution < -0.4 is 10.6 Å². The molecule has 1 aliphatic rings. The van der Waals surface area contributed by atoms with Crippen LogP contribution in [0, 0.1) is 0 Å². The highest BCUT2D eigenvalue weighted by Gasteiger charge is 2.11. The number of nitrogens with one attached hydrogen (secondary N) is 2. The molecule has 74 valence electrons. The van der Waals surface area contributed by atoms with Crippen molar-refractivity contribution in [1.82, 2.24) is 0 Å². The van der Waals surface area contributed by atoms with Crippen molar-refractivity contribution in [1.29, 1.82) is 0 Å². The van der Waals surface area contributed by atoms with Crippen LogP contribution in [0.3, 0.4) is 0 Å². The molecule has 0 spiro atoms. The van der Waals surface area contributed by atoms with E-state index < -0.39 is 0 Å². The quantitative estimate of drug-likeness (QED) is 0.659. The molecule has 0 unspecified atom stereocenters. The average Bonchev–Trinajstić information content (AvgIpc) is 2.27.